The van der Waals surface area contributed by atoms with Crippen molar-refractivity contribution in [2.24, 2.45) is 0 Å². The Bertz CT molecular complexity index is 550. The number of halogens is 1. The Labute approximate surface area is 127 Å². The molecule has 2 amide bonds. The van der Waals surface area contributed by atoms with Crippen LogP contribution in [0.4, 0.5) is 10.5 Å². The number of anilines is 1. The fraction of sp³-hybridized carbons (Fsp3) is 0.429. The lowest BCUT2D eigenvalue weighted by Crippen LogP contribution is -2.47. The maximum absolute atomic E-state index is 12.2. The fourth-order valence-electron chi connectivity index (χ4n) is 2.09. The molecule has 1 atom stereocenters. The molecule has 7 heteroatoms. The summed E-state index contributed by atoms with van der Waals surface area (Å²) in [6.07, 6.45) is 0.895. The number of carbonyl (C=O) groups excluding carboxylic acids is 1. The number of aromatic carboxylic acids is 1. The summed E-state index contributed by atoms with van der Waals surface area (Å²) in [4.78, 5) is 24.7. The number of amides is 2. The zero-order valence-electron chi connectivity index (χ0n) is 11.6. The van der Waals surface area contributed by atoms with E-state index in [4.69, 9.17) is 21.4 Å². The highest BCUT2D eigenvalue weighted by molar-refractivity contribution is 6.34. The summed E-state index contributed by atoms with van der Waals surface area (Å²) in [5.41, 5.74) is 0.474. The number of carbonyl (C=O) groups is 2. The highest BCUT2D eigenvalue weighted by Crippen LogP contribution is 2.23. The molecule has 1 unspecified atom stereocenters. The third kappa shape index (κ3) is 3.86. The van der Waals surface area contributed by atoms with Crippen LogP contribution in [0.1, 0.15) is 23.7 Å². The smallest absolute Gasteiger partial charge is 0.335 e. The molecule has 0 radical (unpaired) electrons. The highest BCUT2D eigenvalue weighted by atomic mass is 35.5. The van der Waals surface area contributed by atoms with Gasteiger partial charge in [-0.05, 0) is 24.6 Å². The number of rotatable bonds is 3. The van der Waals surface area contributed by atoms with Crippen LogP contribution in [0.2, 0.25) is 5.02 Å². The van der Waals surface area contributed by atoms with Crippen LogP contribution in [0.5, 0.6) is 0 Å². The number of carboxylic acids is 1. The first-order valence-corrected chi connectivity index (χ1v) is 7.09. The maximum atomic E-state index is 12.2. The van der Waals surface area contributed by atoms with Crippen LogP contribution in [-0.4, -0.2) is 47.8 Å². The maximum Gasteiger partial charge on any atom is 0.335 e. The summed E-state index contributed by atoms with van der Waals surface area (Å²) in [7, 11) is 0. The number of urea groups is 1. The quantitative estimate of drug-likeness (QED) is 0.899. The summed E-state index contributed by atoms with van der Waals surface area (Å²) >= 11 is 5.99. The van der Waals surface area contributed by atoms with Gasteiger partial charge in [0, 0.05) is 13.1 Å². The molecule has 0 spiro atoms. The summed E-state index contributed by atoms with van der Waals surface area (Å²) in [6.45, 7) is 3.57. The van der Waals surface area contributed by atoms with E-state index < -0.39 is 5.97 Å². The highest BCUT2D eigenvalue weighted by Gasteiger charge is 2.23. The standard InChI is InChI=1S/C14H17ClN2O4/c1-2-10-8-17(5-6-21-10)14(20)16-12-4-3-9(13(18)19)7-11(12)15/h3-4,7,10H,2,5-6,8H2,1H3,(H,16,20)(H,18,19). The van der Waals surface area contributed by atoms with Crippen LogP contribution in [0.3, 0.4) is 0 Å². The Morgan fingerprint density at radius 1 is 1.52 bits per heavy atom. The first-order valence-electron chi connectivity index (χ1n) is 6.71. The largest absolute Gasteiger partial charge is 0.478 e. The molecule has 1 fully saturated rings. The van der Waals surface area contributed by atoms with Gasteiger partial charge in [0.15, 0.2) is 0 Å². The molecule has 114 valence electrons. The molecule has 1 aromatic carbocycles. The fourth-order valence-corrected chi connectivity index (χ4v) is 2.32. The number of hydrogen-bond donors (Lipinski definition) is 2. The normalized spacial score (nSPS) is 18.4. The molecule has 2 rings (SSSR count). The molecule has 21 heavy (non-hydrogen) atoms. The van der Waals surface area contributed by atoms with Gasteiger partial charge >= 0.3 is 12.0 Å². The number of benzene rings is 1. The van der Waals surface area contributed by atoms with Crippen molar-refractivity contribution in [2.75, 3.05) is 25.0 Å². The second-order valence-corrected chi connectivity index (χ2v) is 5.18. The van der Waals surface area contributed by atoms with E-state index in [0.717, 1.165) is 6.42 Å². The zero-order chi connectivity index (χ0) is 15.4. The van der Waals surface area contributed by atoms with E-state index in [-0.39, 0.29) is 22.7 Å². The zero-order valence-corrected chi connectivity index (χ0v) is 12.4. The van der Waals surface area contributed by atoms with Gasteiger partial charge < -0.3 is 20.1 Å². The molecule has 0 aliphatic carbocycles. The minimum atomic E-state index is -1.06. The van der Waals surface area contributed by atoms with Crippen LogP contribution in [-0.2, 0) is 4.74 Å². The molecule has 1 aliphatic rings. The molecule has 0 bridgehead atoms. The van der Waals surface area contributed by atoms with Crippen LogP contribution in [0.15, 0.2) is 18.2 Å². The monoisotopic (exact) mass is 312 g/mol. The van der Waals surface area contributed by atoms with Gasteiger partial charge in [0.05, 0.1) is 29.0 Å². The van der Waals surface area contributed by atoms with Gasteiger partial charge in [0.1, 0.15) is 0 Å². The molecule has 2 N–H and O–H groups in total. The Balaban J connectivity index is 2.04. The second-order valence-electron chi connectivity index (χ2n) is 4.78. The van der Waals surface area contributed by atoms with Crippen molar-refractivity contribution in [1.82, 2.24) is 4.90 Å². The SMILES string of the molecule is CCC1CN(C(=O)Nc2ccc(C(=O)O)cc2Cl)CCO1. The second kappa shape index (κ2) is 6.78. The van der Waals surface area contributed by atoms with Gasteiger partial charge in [0.2, 0.25) is 0 Å². The molecular weight excluding hydrogens is 296 g/mol. The minimum Gasteiger partial charge on any atom is -0.478 e. The van der Waals surface area contributed by atoms with Crippen LogP contribution in [0, 0.1) is 0 Å². The molecule has 0 aromatic heterocycles. The van der Waals surface area contributed by atoms with E-state index in [0.29, 0.717) is 25.4 Å². The van der Waals surface area contributed by atoms with Crippen molar-refractivity contribution >= 4 is 29.3 Å². The molecular formula is C14H17ClN2O4. The summed E-state index contributed by atoms with van der Waals surface area (Å²) in [6, 6.07) is 3.94. The number of hydrogen-bond acceptors (Lipinski definition) is 3. The molecule has 6 nitrogen and oxygen atoms in total. The van der Waals surface area contributed by atoms with E-state index >= 15 is 0 Å². The number of morpholine rings is 1. The molecule has 0 saturated carbocycles. The molecule has 1 heterocycles. The van der Waals surface area contributed by atoms with Crippen molar-refractivity contribution < 1.29 is 19.4 Å². The molecule has 1 aliphatic heterocycles. The van der Waals surface area contributed by atoms with Crippen molar-refractivity contribution in [3.63, 3.8) is 0 Å². The number of carboxylic acid groups (broad SMARTS) is 1. The molecule has 1 saturated heterocycles. The van der Waals surface area contributed by atoms with E-state index in [1.165, 1.54) is 18.2 Å². The van der Waals surface area contributed by atoms with E-state index in [1.807, 2.05) is 6.92 Å². The van der Waals surface area contributed by atoms with Crippen LogP contribution in [0.25, 0.3) is 0 Å². The van der Waals surface area contributed by atoms with Gasteiger partial charge in [-0.2, -0.15) is 0 Å². The summed E-state index contributed by atoms with van der Waals surface area (Å²) in [5, 5.41) is 11.8. The van der Waals surface area contributed by atoms with Gasteiger partial charge in [-0.25, -0.2) is 9.59 Å². The van der Waals surface area contributed by atoms with E-state index in [1.54, 1.807) is 4.90 Å². The average molecular weight is 313 g/mol. The van der Waals surface area contributed by atoms with Crippen molar-refractivity contribution in [1.29, 1.82) is 0 Å². The Kier molecular flexibility index (Phi) is 5.03. The summed E-state index contributed by atoms with van der Waals surface area (Å²) in [5.74, 6) is -1.06. The Hall–Kier alpha value is -1.79. The van der Waals surface area contributed by atoms with E-state index in [9.17, 15) is 9.59 Å². The predicted molar refractivity (Wildman–Crippen MR) is 79.0 cm³/mol. The van der Waals surface area contributed by atoms with Gasteiger partial charge in [-0.3, -0.25) is 0 Å². The first kappa shape index (κ1) is 15.6. The topological polar surface area (TPSA) is 78.9 Å². The average Bonchev–Trinajstić information content (AvgIpc) is 2.49. The van der Waals surface area contributed by atoms with Crippen molar-refractivity contribution in [2.45, 2.75) is 19.4 Å². The van der Waals surface area contributed by atoms with Gasteiger partial charge in [0.25, 0.3) is 0 Å². The Morgan fingerprint density at radius 3 is 2.90 bits per heavy atom. The van der Waals surface area contributed by atoms with Gasteiger partial charge in [-0.1, -0.05) is 18.5 Å². The van der Waals surface area contributed by atoms with Crippen molar-refractivity contribution in [3.05, 3.63) is 28.8 Å². The Morgan fingerprint density at radius 2 is 2.29 bits per heavy atom. The lowest BCUT2D eigenvalue weighted by atomic mass is 10.2. The number of ether oxygens (including phenoxy) is 1. The minimum absolute atomic E-state index is 0.0503. The van der Waals surface area contributed by atoms with Crippen LogP contribution >= 0.6 is 11.6 Å². The summed E-state index contributed by atoms with van der Waals surface area (Å²) < 4.78 is 5.51. The predicted octanol–water partition coefficient (Wildman–Crippen LogP) is 2.68. The van der Waals surface area contributed by atoms with Crippen molar-refractivity contribution in [3.8, 4) is 0 Å². The van der Waals surface area contributed by atoms with E-state index in [2.05, 4.69) is 5.32 Å². The third-order valence-electron chi connectivity index (χ3n) is 3.34. The van der Waals surface area contributed by atoms with Gasteiger partial charge in [-0.15, -0.1) is 0 Å². The van der Waals surface area contributed by atoms with Crippen LogP contribution < -0.4 is 5.32 Å². The first-order chi connectivity index (χ1) is 10.0. The lowest BCUT2D eigenvalue weighted by Gasteiger charge is -2.32. The number of nitrogens with one attached hydrogen (secondary N) is 1. The third-order valence-corrected chi connectivity index (χ3v) is 3.65. The lowest BCUT2D eigenvalue weighted by molar-refractivity contribution is -0.0134. The molecule has 1 aromatic rings. The number of nitrogens with zero attached hydrogens (tertiary/aromatic N) is 1.